The molecule has 3 nitrogen and oxygen atoms in total. The van der Waals surface area contributed by atoms with Crippen LogP contribution in [0.25, 0.3) is 11.0 Å². The topological polar surface area (TPSA) is 29.9 Å². The van der Waals surface area contributed by atoms with Crippen LogP contribution in [0.2, 0.25) is 5.02 Å². The number of anilines is 1. The van der Waals surface area contributed by atoms with E-state index in [-0.39, 0.29) is 0 Å². The fraction of sp³-hybridized carbons (Fsp3) is 0.188. The van der Waals surface area contributed by atoms with Gasteiger partial charge < -0.3 is 9.88 Å². The summed E-state index contributed by atoms with van der Waals surface area (Å²) in [6.07, 6.45) is 0. The van der Waals surface area contributed by atoms with Gasteiger partial charge >= 0.3 is 0 Å². The molecular formula is C16H16ClN3. The average molecular weight is 286 g/mol. The molecule has 0 aliphatic carbocycles. The summed E-state index contributed by atoms with van der Waals surface area (Å²) < 4.78 is 2.23. The van der Waals surface area contributed by atoms with E-state index in [1.165, 1.54) is 5.52 Å². The normalized spacial score (nSPS) is 10.9. The van der Waals surface area contributed by atoms with Crippen molar-refractivity contribution < 1.29 is 0 Å². The molecule has 3 rings (SSSR count). The molecule has 0 atom stereocenters. The Kier molecular flexibility index (Phi) is 3.61. The van der Waals surface area contributed by atoms with Crippen LogP contribution in [-0.2, 0) is 13.1 Å². The number of nitrogens with zero attached hydrogens (tertiary/aromatic N) is 2. The van der Waals surface area contributed by atoms with Crippen molar-refractivity contribution in [1.29, 1.82) is 0 Å². The second-order valence-corrected chi connectivity index (χ2v) is 5.06. The van der Waals surface area contributed by atoms with Crippen LogP contribution in [-0.4, -0.2) is 9.55 Å². The maximum Gasteiger partial charge on any atom is 0.129 e. The first-order valence-corrected chi connectivity index (χ1v) is 7.09. The maximum absolute atomic E-state index is 5.89. The highest BCUT2D eigenvalue weighted by molar-refractivity contribution is 6.30. The number of nitrogens with one attached hydrogen (secondary N) is 1. The smallest absolute Gasteiger partial charge is 0.129 e. The Morgan fingerprint density at radius 3 is 2.60 bits per heavy atom. The minimum atomic E-state index is 0.699. The SMILES string of the molecule is CCn1c(CNc2ccc(Cl)cc2)nc2ccccc21. The van der Waals surface area contributed by atoms with Gasteiger partial charge in [-0.25, -0.2) is 4.98 Å². The molecule has 0 unspecified atom stereocenters. The molecule has 0 saturated carbocycles. The zero-order valence-corrected chi connectivity index (χ0v) is 12.1. The molecule has 0 fully saturated rings. The van der Waals surface area contributed by atoms with Gasteiger partial charge in [0.15, 0.2) is 0 Å². The average Bonchev–Trinajstić information content (AvgIpc) is 2.84. The van der Waals surface area contributed by atoms with E-state index in [0.717, 1.165) is 28.6 Å². The van der Waals surface area contributed by atoms with Gasteiger partial charge in [0.2, 0.25) is 0 Å². The third-order valence-electron chi connectivity index (χ3n) is 3.34. The second kappa shape index (κ2) is 5.55. The van der Waals surface area contributed by atoms with Crippen LogP contribution < -0.4 is 5.32 Å². The predicted molar refractivity (Wildman–Crippen MR) is 84.2 cm³/mol. The lowest BCUT2D eigenvalue weighted by molar-refractivity contribution is 0.729. The van der Waals surface area contributed by atoms with Gasteiger partial charge in [-0.05, 0) is 43.3 Å². The number of imidazole rings is 1. The largest absolute Gasteiger partial charge is 0.378 e. The minimum Gasteiger partial charge on any atom is -0.378 e. The quantitative estimate of drug-likeness (QED) is 0.773. The molecule has 2 aromatic carbocycles. The van der Waals surface area contributed by atoms with E-state index in [4.69, 9.17) is 16.6 Å². The summed E-state index contributed by atoms with van der Waals surface area (Å²) in [4.78, 5) is 4.69. The number of para-hydroxylation sites is 2. The van der Waals surface area contributed by atoms with E-state index >= 15 is 0 Å². The van der Waals surface area contributed by atoms with Crippen LogP contribution in [0, 0.1) is 0 Å². The van der Waals surface area contributed by atoms with Crippen molar-refractivity contribution in [3.63, 3.8) is 0 Å². The van der Waals surface area contributed by atoms with Crippen molar-refractivity contribution >= 4 is 28.3 Å². The van der Waals surface area contributed by atoms with E-state index in [0.29, 0.717) is 6.54 Å². The molecule has 0 amide bonds. The van der Waals surface area contributed by atoms with E-state index in [9.17, 15) is 0 Å². The monoisotopic (exact) mass is 285 g/mol. The summed E-state index contributed by atoms with van der Waals surface area (Å²) in [5, 5.41) is 4.13. The molecule has 0 aliphatic rings. The number of halogens is 1. The van der Waals surface area contributed by atoms with E-state index in [1.54, 1.807) is 0 Å². The second-order valence-electron chi connectivity index (χ2n) is 4.62. The Balaban J connectivity index is 1.85. The van der Waals surface area contributed by atoms with Crippen molar-refractivity contribution in [3.8, 4) is 0 Å². The third kappa shape index (κ3) is 2.49. The predicted octanol–water partition coefficient (Wildman–Crippen LogP) is 4.32. The summed E-state index contributed by atoms with van der Waals surface area (Å²) in [6.45, 7) is 3.75. The Labute approximate surface area is 123 Å². The molecule has 20 heavy (non-hydrogen) atoms. The molecule has 3 aromatic rings. The van der Waals surface area contributed by atoms with Gasteiger partial charge in [0.1, 0.15) is 5.82 Å². The van der Waals surface area contributed by atoms with Crippen LogP contribution in [0.3, 0.4) is 0 Å². The van der Waals surface area contributed by atoms with Crippen LogP contribution in [0.15, 0.2) is 48.5 Å². The molecule has 1 N–H and O–H groups in total. The summed E-state index contributed by atoms with van der Waals surface area (Å²) in [7, 11) is 0. The lowest BCUT2D eigenvalue weighted by Crippen LogP contribution is -2.07. The number of aryl methyl sites for hydroxylation is 1. The van der Waals surface area contributed by atoms with Crippen LogP contribution in [0.1, 0.15) is 12.7 Å². The Morgan fingerprint density at radius 2 is 1.85 bits per heavy atom. The van der Waals surface area contributed by atoms with E-state index in [2.05, 4.69) is 22.9 Å². The zero-order chi connectivity index (χ0) is 13.9. The Hall–Kier alpha value is -2.00. The van der Waals surface area contributed by atoms with Crippen LogP contribution >= 0.6 is 11.6 Å². The van der Waals surface area contributed by atoms with Crippen LogP contribution in [0.5, 0.6) is 0 Å². The first kappa shape index (κ1) is 13.0. The third-order valence-corrected chi connectivity index (χ3v) is 3.60. The summed E-state index contributed by atoms with van der Waals surface area (Å²) in [6, 6.07) is 15.9. The molecule has 1 aromatic heterocycles. The lowest BCUT2D eigenvalue weighted by atomic mass is 10.3. The van der Waals surface area contributed by atoms with Crippen molar-refractivity contribution in [1.82, 2.24) is 9.55 Å². The number of rotatable bonds is 4. The number of benzene rings is 2. The highest BCUT2D eigenvalue weighted by Gasteiger charge is 2.08. The molecular weight excluding hydrogens is 270 g/mol. The zero-order valence-electron chi connectivity index (χ0n) is 11.3. The highest BCUT2D eigenvalue weighted by Crippen LogP contribution is 2.18. The molecule has 0 saturated heterocycles. The molecule has 102 valence electrons. The van der Waals surface area contributed by atoms with Crippen LogP contribution in [0.4, 0.5) is 5.69 Å². The number of hydrogen-bond acceptors (Lipinski definition) is 2. The molecule has 0 radical (unpaired) electrons. The first-order valence-electron chi connectivity index (χ1n) is 6.71. The van der Waals surface area contributed by atoms with E-state index in [1.807, 2.05) is 42.5 Å². The molecule has 0 bridgehead atoms. The number of aromatic nitrogens is 2. The number of fused-ring (bicyclic) bond motifs is 1. The fourth-order valence-corrected chi connectivity index (χ4v) is 2.49. The maximum atomic E-state index is 5.89. The summed E-state index contributed by atoms with van der Waals surface area (Å²) in [5.74, 6) is 1.05. The van der Waals surface area contributed by atoms with Gasteiger partial charge in [-0.1, -0.05) is 23.7 Å². The fourth-order valence-electron chi connectivity index (χ4n) is 2.36. The van der Waals surface area contributed by atoms with Gasteiger partial charge in [-0.2, -0.15) is 0 Å². The number of hydrogen-bond donors (Lipinski definition) is 1. The van der Waals surface area contributed by atoms with Gasteiger partial charge in [-0.3, -0.25) is 0 Å². The van der Waals surface area contributed by atoms with Gasteiger partial charge in [0, 0.05) is 17.3 Å². The molecule has 1 heterocycles. The van der Waals surface area contributed by atoms with Gasteiger partial charge in [-0.15, -0.1) is 0 Å². The molecule has 4 heteroatoms. The highest BCUT2D eigenvalue weighted by atomic mass is 35.5. The first-order chi connectivity index (χ1) is 9.78. The van der Waals surface area contributed by atoms with Gasteiger partial charge in [0.25, 0.3) is 0 Å². The standard InChI is InChI=1S/C16H16ClN3/c1-2-20-15-6-4-3-5-14(15)19-16(20)11-18-13-9-7-12(17)8-10-13/h3-10,18H,2,11H2,1H3. The van der Waals surface area contributed by atoms with E-state index < -0.39 is 0 Å². The molecule has 0 spiro atoms. The summed E-state index contributed by atoms with van der Waals surface area (Å²) in [5.41, 5.74) is 3.27. The van der Waals surface area contributed by atoms with Crippen molar-refractivity contribution in [2.45, 2.75) is 20.0 Å². The van der Waals surface area contributed by atoms with Crippen molar-refractivity contribution in [3.05, 3.63) is 59.4 Å². The lowest BCUT2D eigenvalue weighted by Gasteiger charge is -2.08. The minimum absolute atomic E-state index is 0.699. The van der Waals surface area contributed by atoms with Crippen molar-refractivity contribution in [2.75, 3.05) is 5.32 Å². The Morgan fingerprint density at radius 1 is 1.10 bits per heavy atom. The Bertz CT molecular complexity index is 716. The van der Waals surface area contributed by atoms with Gasteiger partial charge in [0.05, 0.1) is 17.6 Å². The molecule has 0 aliphatic heterocycles. The van der Waals surface area contributed by atoms with Crippen molar-refractivity contribution in [2.24, 2.45) is 0 Å². The summed E-state index contributed by atoms with van der Waals surface area (Å²) >= 11 is 5.89.